The van der Waals surface area contributed by atoms with Gasteiger partial charge in [0.1, 0.15) is 0 Å². The van der Waals surface area contributed by atoms with Crippen molar-refractivity contribution < 1.29 is 8.42 Å². The Balaban J connectivity index is 0.00000180. The SMILES string of the molecule is CC1CC(NS(=O)(=O)c2cccc(Cl)c2)CCN1.Cl. The molecule has 1 fully saturated rings. The smallest absolute Gasteiger partial charge is 0.240 e. The standard InChI is InChI=1S/C12H17ClN2O2S.ClH/c1-9-7-11(5-6-14-9)15-18(16,17)12-4-2-3-10(13)8-12;/h2-4,8-9,11,14-15H,5-7H2,1H3;1H. The summed E-state index contributed by atoms with van der Waals surface area (Å²) in [6, 6.07) is 6.65. The molecule has 1 aliphatic heterocycles. The lowest BCUT2D eigenvalue weighted by atomic mass is 10.0. The zero-order valence-corrected chi connectivity index (χ0v) is 13.0. The maximum Gasteiger partial charge on any atom is 0.240 e. The summed E-state index contributed by atoms with van der Waals surface area (Å²) in [7, 11) is -3.47. The van der Waals surface area contributed by atoms with Gasteiger partial charge >= 0.3 is 0 Å². The van der Waals surface area contributed by atoms with E-state index in [0.29, 0.717) is 11.1 Å². The van der Waals surface area contributed by atoms with Crippen LogP contribution in [0.4, 0.5) is 0 Å². The molecular formula is C12H18Cl2N2O2S. The second-order valence-corrected chi connectivity index (χ2v) is 6.81. The van der Waals surface area contributed by atoms with Gasteiger partial charge in [0, 0.05) is 17.1 Å². The zero-order valence-electron chi connectivity index (χ0n) is 10.6. The van der Waals surface area contributed by atoms with Crippen LogP contribution in [0.2, 0.25) is 5.02 Å². The number of sulfonamides is 1. The van der Waals surface area contributed by atoms with E-state index in [1.807, 2.05) is 0 Å². The minimum absolute atomic E-state index is 0. The fourth-order valence-electron chi connectivity index (χ4n) is 2.16. The van der Waals surface area contributed by atoms with Crippen LogP contribution in [-0.2, 0) is 10.0 Å². The van der Waals surface area contributed by atoms with Crippen molar-refractivity contribution in [3.8, 4) is 0 Å². The number of halogens is 2. The van der Waals surface area contributed by atoms with Gasteiger partial charge in [-0.15, -0.1) is 12.4 Å². The van der Waals surface area contributed by atoms with Crippen LogP contribution in [0.15, 0.2) is 29.2 Å². The van der Waals surface area contributed by atoms with Gasteiger partial charge in [-0.05, 0) is 44.5 Å². The van der Waals surface area contributed by atoms with Crippen LogP contribution in [0.3, 0.4) is 0 Å². The molecule has 0 spiro atoms. The number of rotatable bonds is 3. The number of hydrogen-bond acceptors (Lipinski definition) is 3. The second kappa shape index (κ2) is 6.90. The molecule has 1 saturated heterocycles. The van der Waals surface area contributed by atoms with Crippen LogP contribution in [0.5, 0.6) is 0 Å². The Morgan fingerprint density at radius 1 is 1.42 bits per heavy atom. The van der Waals surface area contributed by atoms with Crippen molar-refractivity contribution in [3.63, 3.8) is 0 Å². The molecule has 108 valence electrons. The average molecular weight is 325 g/mol. The highest BCUT2D eigenvalue weighted by Crippen LogP contribution is 2.17. The van der Waals surface area contributed by atoms with Crippen LogP contribution in [0.25, 0.3) is 0 Å². The lowest BCUT2D eigenvalue weighted by Crippen LogP contribution is -2.46. The van der Waals surface area contributed by atoms with E-state index in [4.69, 9.17) is 11.6 Å². The monoisotopic (exact) mass is 324 g/mol. The highest BCUT2D eigenvalue weighted by Gasteiger charge is 2.24. The summed E-state index contributed by atoms with van der Waals surface area (Å²) in [6.45, 7) is 2.89. The summed E-state index contributed by atoms with van der Waals surface area (Å²) in [5.41, 5.74) is 0. The molecule has 0 saturated carbocycles. The van der Waals surface area contributed by atoms with E-state index >= 15 is 0 Å². The first-order chi connectivity index (χ1) is 8.47. The Kier molecular flexibility index (Phi) is 6.08. The molecule has 0 bridgehead atoms. The third kappa shape index (κ3) is 4.61. The van der Waals surface area contributed by atoms with Crippen molar-refractivity contribution in [1.82, 2.24) is 10.0 Å². The third-order valence-corrected chi connectivity index (χ3v) is 4.81. The summed E-state index contributed by atoms with van der Waals surface area (Å²) in [5.74, 6) is 0. The fourth-order valence-corrected chi connectivity index (χ4v) is 3.74. The van der Waals surface area contributed by atoms with Crippen molar-refractivity contribution >= 4 is 34.0 Å². The molecule has 1 aromatic carbocycles. The number of hydrogen-bond donors (Lipinski definition) is 2. The van der Waals surface area contributed by atoms with Crippen molar-refractivity contribution in [2.24, 2.45) is 0 Å². The molecule has 0 aromatic heterocycles. The van der Waals surface area contributed by atoms with Crippen molar-refractivity contribution in [2.45, 2.75) is 36.7 Å². The molecule has 2 unspecified atom stereocenters. The largest absolute Gasteiger partial charge is 0.314 e. The van der Waals surface area contributed by atoms with Gasteiger partial charge in [0.05, 0.1) is 4.90 Å². The summed E-state index contributed by atoms with van der Waals surface area (Å²) < 4.78 is 27.1. The lowest BCUT2D eigenvalue weighted by Gasteiger charge is -2.28. The maximum atomic E-state index is 12.2. The van der Waals surface area contributed by atoms with Gasteiger partial charge in [0.15, 0.2) is 0 Å². The van der Waals surface area contributed by atoms with Gasteiger partial charge in [0.2, 0.25) is 10.0 Å². The molecule has 2 atom stereocenters. The second-order valence-electron chi connectivity index (χ2n) is 4.66. The van der Waals surface area contributed by atoms with Gasteiger partial charge in [-0.1, -0.05) is 17.7 Å². The summed E-state index contributed by atoms with van der Waals surface area (Å²) >= 11 is 5.81. The normalized spacial score (nSPS) is 23.7. The minimum atomic E-state index is -3.47. The van der Waals surface area contributed by atoms with Gasteiger partial charge < -0.3 is 5.32 Å². The van der Waals surface area contributed by atoms with Crippen LogP contribution < -0.4 is 10.0 Å². The van der Waals surface area contributed by atoms with Gasteiger partial charge in [-0.3, -0.25) is 0 Å². The number of piperidine rings is 1. The fraction of sp³-hybridized carbons (Fsp3) is 0.500. The molecule has 19 heavy (non-hydrogen) atoms. The first-order valence-corrected chi connectivity index (χ1v) is 7.85. The van der Waals surface area contributed by atoms with E-state index in [-0.39, 0.29) is 23.3 Å². The Hall–Kier alpha value is -0.330. The third-order valence-electron chi connectivity index (χ3n) is 3.05. The molecule has 4 nitrogen and oxygen atoms in total. The Morgan fingerprint density at radius 2 is 2.16 bits per heavy atom. The molecule has 0 amide bonds. The van der Waals surface area contributed by atoms with Gasteiger partial charge in [-0.25, -0.2) is 13.1 Å². The Labute approximate surface area is 125 Å². The molecule has 0 radical (unpaired) electrons. The highest BCUT2D eigenvalue weighted by molar-refractivity contribution is 7.89. The molecule has 0 aliphatic carbocycles. The molecule has 7 heteroatoms. The molecule has 2 rings (SSSR count). The van der Waals surface area contributed by atoms with Crippen LogP contribution in [-0.4, -0.2) is 27.0 Å². The first kappa shape index (κ1) is 16.7. The molecular weight excluding hydrogens is 307 g/mol. The van der Waals surface area contributed by atoms with Crippen molar-refractivity contribution in [3.05, 3.63) is 29.3 Å². The van der Waals surface area contributed by atoms with E-state index < -0.39 is 10.0 Å². The molecule has 1 heterocycles. The predicted molar refractivity (Wildman–Crippen MR) is 79.5 cm³/mol. The number of benzene rings is 1. The van der Waals surface area contributed by atoms with E-state index in [0.717, 1.165) is 19.4 Å². The van der Waals surface area contributed by atoms with E-state index in [9.17, 15) is 8.42 Å². The predicted octanol–water partition coefficient (Wildman–Crippen LogP) is 2.18. The van der Waals surface area contributed by atoms with E-state index in [2.05, 4.69) is 17.0 Å². The summed E-state index contributed by atoms with van der Waals surface area (Å²) in [6.07, 6.45) is 1.62. The van der Waals surface area contributed by atoms with Crippen molar-refractivity contribution in [1.29, 1.82) is 0 Å². The van der Waals surface area contributed by atoms with E-state index in [1.54, 1.807) is 18.2 Å². The van der Waals surface area contributed by atoms with E-state index in [1.165, 1.54) is 6.07 Å². The van der Waals surface area contributed by atoms with Crippen LogP contribution >= 0.6 is 24.0 Å². The quantitative estimate of drug-likeness (QED) is 0.896. The van der Waals surface area contributed by atoms with Crippen LogP contribution in [0.1, 0.15) is 19.8 Å². The Bertz CT molecular complexity index is 522. The summed E-state index contributed by atoms with van der Waals surface area (Å²) in [4.78, 5) is 0.223. The van der Waals surface area contributed by atoms with Crippen LogP contribution in [0, 0.1) is 0 Å². The minimum Gasteiger partial charge on any atom is -0.314 e. The summed E-state index contributed by atoms with van der Waals surface area (Å²) in [5, 5.41) is 3.72. The zero-order chi connectivity index (χ0) is 13.2. The lowest BCUT2D eigenvalue weighted by molar-refractivity contribution is 0.361. The Morgan fingerprint density at radius 3 is 2.79 bits per heavy atom. The van der Waals surface area contributed by atoms with Crippen molar-refractivity contribution in [2.75, 3.05) is 6.54 Å². The first-order valence-electron chi connectivity index (χ1n) is 5.98. The average Bonchev–Trinajstić information content (AvgIpc) is 2.28. The number of nitrogens with one attached hydrogen (secondary N) is 2. The molecule has 1 aromatic rings. The topological polar surface area (TPSA) is 58.2 Å². The molecule has 2 N–H and O–H groups in total. The highest BCUT2D eigenvalue weighted by atomic mass is 35.5. The van der Waals surface area contributed by atoms with Gasteiger partial charge in [0.25, 0.3) is 0 Å². The maximum absolute atomic E-state index is 12.2. The van der Waals surface area contributed by atoms with Gasteiger partial charge in [-0.2, -0.15) is 0 Å². The molecule has 1 aliphatic rings.